The van der Waals surface area contributed by atoms with Crippen molar-refractivity contribution < 1.29 is 5.11 Å². The Kier molecular flexibility index (Phi) is 10.5. The van der Waals surface area contributed by atoms with E-state index in [1.807, 2.05) is 0 Å². The van der Waals surface area contributed by atoms with Crippen molar-refractivity contribution in [2.45, 2.75) is 119 Å². The molecule has 28 heavy (non-hydrogen) atoms. The van der Waals surface area contributed by atoms with Gasteiger partial charge in [-0.3, -0.25) is 0 Å². The molecular formula is C27H50O. The second kappa shape index (κ2) is 11.6. The zero-order valence-electron chi connectivity index (χ0n) is 20.4. The number of aliphatic hydroxyl groups is 1. The van der Waals surface area contributed by atoms with Crippen LogP contribution in [0.2, 0.25) is 0 Å². The van der Waals surface area contributed by atoms with Gasteiger partial charge in [0.2, 0.25) is 0 Å². The molecule has 0 spiro atoms. The second-order valence-corrected chi connectivity index (χ2v) is 10.9. The minimum atomic E-state index is -0.197. The van der Waals surface area contributed by atoms with Crippen molar-refractivity contribution in [3.8, 4) is 0 Å². The Morgan fingerprint density at radius 2 is 1.89 bits per heavy atom. The summed E-state index contributed by atoms with van der Waals surface area (Å²) in [5, 5.41) is 10.9. The summed E-state index contributed by atoms with van der Waals surface area (Å²) in [7, 11) is 0. The highest BCUT2D eigenvalue weighted by molar-refractivity contribution is 5.04. The first kappa shape index (κ1) is 25.5. The minimum absolute atomic E-state index is 0.0148. The third-order valence-electron chi connectivity index (χ3n) is 7.89. The molecule has 1 nitrogen and oxygen atoms in total. The number of unbranched alkanes of at least 4 members (excludes halogenated alkanes) is 1. The molecule has 0 saturated heterocycles. The summed E-state index contributed by atoms with van der Waals surface area (Å²) in [6.07, 6.45) is 18.0. The molecule has 1 rings (SSSR count). The zero-order valence-corrected chi connectivity index (χ0v) is 20.4. The van der Waals surface area contributed by atoms with Gasteiger partial charge in [0, 0.05) is 0 Å². The summed E-state index contributed by atoms with van der Waals surface area (Å²) < 4.78 is 0. The fraction of sp³-hybridized carbons (Fsp3) is 0.852. The predicted molar refractivity (Wildman–Crippen MR) is 126 cm³/mol. The Hall–Kier alpha value is -0.560. The van der Waals surface area contributed by atoms with Crippen LogP contribution in [0.1, 0.15) is 113 Å². The number of allylic oxidation sites excluding steroid dienone is 4. The van der Waals surface area contributed by atoms with Crippen LogP contribution in [0.4, 0.5) is 0 Å². The van der Waals surface area contributed by atoms with E-state index in [-0.39, 0.29) is 16.9 Å². The maximum Gasteiger partial charge on any atom is 0.0593 e. The molecule has 1 aliphatic carbocycles. The van der Waals surface area contributed by atoms with Gasteiger partial charge in [-0.2, -0.15) is 0 Å². The molecule has 0 fully saturated rings. The van der Waals surface area contributed by atoms with E-state index in [0.29, 0.717) is 17.8 Å². The maximum atomic E-state index is 10.9. The SMILES string of the molecule is CCCC[C@@]1(C)C=CC[C@H](C)C(C)(C)[C@@H](O)CCC[C@@H]1[C@H](C)CCC=C(C)C. The van der Waals surface area contributed by atoms with Gasteiger partial charge in [-0.25, -0.2) is 0 Å². The molecule has 1 aliphatic rings. The average Bonchev–Trinajstić information content (AvgIpc) is 2.63. The lowest BCUT2D eigenvalue weighted by Gasteiger charge is -2.40. The Bertz CT molecular complexity index is 496. The second-order valence-electron chi connectivity index (χ2n) is 10.9. The first-order chi connectivity index (χ1) is 13.0. The maximum absolute atomic E-state index is 10.9. The van der Waals surface area contributed by atoms with E-state index in [9.17, 15) is 5.11 Å². The summed E-state index contributed by atoms with van der Waals surface area (Å²) in [5.41, 5.74) is 1.70. The van der Waals surface area contributed by atoms with Gasteiger partial charge in [-0.15, -0.1) is 0 Å². The highest BCUT2D eigenvalue weighted by atomic mass is 16.3. The first-order valence-corrected chi connectivity index (χ1v) is 12.0. The fourth-order valence-corrected chi connectivity index (χ4v) is 5.13. The lowest BCUT2D eigenvalue weighted by Crippen LogP contribution is -2.35. The molecule has 0 saturated carbocycles. The highest BCUT2D eigenvalue weighted by Crippen LogP contribution is 2.45. The Labute approximate surface area is 177 Å². The van der Waals surface area contributed by atoms with Crippen molar-refractivity contribution in [3.05, 3.63) is 23.8 Å². The lowest BCUT2D eigenvalue weighted by molar-refractivity contribution is 0.00351. The zero-order chi connectivity index (χ0) is 21.4. The number of hydrogen-bond donors (Lipinski definition) is 1. The molecule has 1 heteroatoms. The third kappa shape index (κ3) is 7.36. The Morgan fingerprint density at radius 1 is 1.21 bits per heavy atom. The number of rotatable bonds is 7. The van der Waals surface area contributed by atoms with E-state index in [1.54, 1.807) is 0 Å². The van der Waals surface area contributed by atoms with Crippen LogP contribution in [-0.2, 0) is 0 Å². The standard InChI is InChI=1S/C27H50O/c1-9-10-19-27(8)20-13-16-23(5)26(6,7)25(28)18-12-17-24(27)22(4)15-11-14-21(2)3/h13-14,20,22-25,28H,9-12,15-19H2,1-8H3/t22-,23+,24-,25+,27+/m1/s1. The molecule has 1 N–H and O–H groups in total. The normalized spacial score (nSPS) is 32.4. The molecular weight excluding hydrogens is 340 g/mol. The van der Waals surface area contributed by atoms with Crippen LogP contribution in [0, 0.1) is 28.6 Å². The molecule has 0 unspecified atom stereocenters. The van der Waals surface area contributed by atoms with Crippen molar-refractivity contribution >= 4 is 0 Å². The van der Waals surface area contributed by atoms with Gasteiger partial charge in [0.1, 0.15) is 0 Å². The summed E-state index contributed by atoms with van der Waals surface area (Å²) in [5.74, 6) is 1.91. The van der Waals surface area contributed by atoms with Crippen molar-refractivity contribution in [2.75, 3.05) is 0 Å². The molecule has 0 bridgehead atoms. The molecule has 0 aromatic carbocycles. The highest BCUT2D eigenvalue weighted by Gasteiger charge is 2.37. The number of hydrogen-bond acceptors (Lipinski definition) is 1. The molecule has 5 atom stereocenters. The Morgan fingerprint density at radius 3 is 2.50 bits per heavy atom. The summed E-state index contributed by atoms with van der Waals surface area (Å²) >= 11 is 0. The molecule has 0 aromatic heterocycles. The van der Waals surface area contributed by atoms with Crippen LogP contribution in [0.5, 0.6) is 0 Å². The molecule has 0 radical (unpaired) electrons. The Balaban J connectivity index is 3.10. The largest absolute Gasteiger partial charge is 0.393 e. The summed E-state index contributed by atoms with van der Waals surface area (Å²) in [6.45, 7) is 18.5. The van der Waals surface area contributed by atoms with Crippen molar-refractivity contribution in [1.29, 1.82) is 0 Å². The van der Waals surface area contributed by atoms with Crippen molar-refractivity contribution in [3.63, 3.8) is 0 Å². The molecule has 0 amide bonds. The topological polar surface area (TPSA) is 20.2 Å². The number of aliphatic hydroxyl groups excluding tert-OH is 1. The van der Waals surface area contributed by atoms with Gasteiger partial charge < -0.3 is 5.11 Å². The lowest BCUT2D eigenvalue weighted by atomic mass is 9.65. The van der Waals surface area contributed by atoms with Crippen LogP contribution < -0.4 is 0 Å². The monoisotopic (exact) mass is 390 g/mol. The smallest absolute Gasteiger partial charge is 0.0593 e. The van der Waals surface area contributed by atoms with Crippen LogP contribution >= 0.6 is 0 Å². The van der Waals surface area contributed by atoms with E-state index < -0.39 is 0 Å². The first-order valence-electron chi connectivity index (χ1n) is 12.0. The van der Waals surface area contributed by atoms with Crippen molar-refractivity contribution in [1.82, 2.24) is 0 Å². The van der Waals surface area contributed by atoms with Gasteiger partial charge in [-0.1, -0.05) is 84.6 Å². The van der Waals surface area contributed by atoms with Crippen LogP contribution in [-0.4, -0.2) is 11.2 Å². The van der Waals surface area contributed by atoms with Crippen LogP contribution in [0.3, 0.4) is 0 Å². The third-order valence-corrected chi connectivity index (χ3v) is 7.89. The van der Waals surface area contributed by atoms with Gasteiger partial charge in [0.25, 0.3) is 0 Å². The van der Waals surface area contributed by atoms with E-state index in [1.165, 1.54) is 44.1 Å². The summed E-state index contributed by atoms with van der Waals surface area (Å²) in [4.78, 5) is 0. The van der Waals surface area contributed by atoms with Gasteiger partial charge in [0.05, 0.1) is 6.10 Å². The van der Waals surface area contributed by atoms with Gasteiger partial charge in [0.15, 0.2) is 0 Å². The minimum Gasteiger partial charge on any atom is -0.393 e. The van der Waals surface area contributed by atoms with Gasteiger partial charge >= 0.3 is 0 Å². The van der Waals surface area contributed by atoms with E-state index >= 15 is 0 Å². The average molecular weight is 391 g/mol. The summed E-state index contributed by atoms with van der Waals surface area (Å²) in [6, 6.07) is 0. The van der Waals surface area contributed by atoms with E-state index in [4.69, 9.17) is 0 Å². The van der Waals surface area contributed by atoms with E-state index in [2.05, 4.69) is 73.6 Å². The fourth-order valence-electron chi connectivity index (χ4n) is 5.13. The molecule has 0 aliphatic heterocycles. The predicted octanol–water partition coefficient (Wildman–Crippen LogP) is 8.34. The van der Waals surface area contributed by atoms with Crippen molar-refractivity contribution in [2.24, 2.45) is 28.6 Å². The quantitative estimate of drug-likeness (QED) is 0.433. The van der Waals surface area contributed by atoms with Gasteiger partial charge in [-0.05, 0) is 81.0 Å². The molecule has 0 heterocycles. The van der Waals surface area contributed by atoms with Crippen LogP contribution in [0.25, 0.3) is 0 Å². The molecule has 164 valence electrons. The van der Waals surface area contributed by atoms with E-state index in [0.717, 1.165) is 19.3 Å². The van der Waals surface area contributed by atoms with Crippen LogP contribution in [0.15, 0.2) is 23.8 Å². The molecule has 0 aromatic rings.